The minimum Gasteiger partial charge on any atom is -0.394 e. The van der Waals surface area contributed by atoms with Gasteiger partial charge in [0.15, 0.2) is 6.29 Å². The lowest BCUT2D eigenvalue weighted by Gasteiger charge is -2.40. The van der Waals surface area contributed by atoms with Crippen LogP contribution >= 0.6 is 0 Å². The van der Waals surface area contributed by atoms with E-state index in [-0.39, 0.29) is 12.8 Å². The number of allylic oxidation sites excluding steroid dienone is 6. The Morgan fingerprint density at radius 1 is 0.447 bits per heavy atom. The summed E-state index contributed by atoms with van der Waals surface area (Å²) in [6.45, 7) is 3.47. The van der Waals surface area contributed by atoms with E-state index in [9.17, 15) is 40.5 Å². The third-order valence-electron chi connectivity index (χ3n) is 15.6. The third-order valence-corrected chi connectivity index (χ3v) is 15.6. The molecule has 0 aromatic rings. The maximum atomic E-state index is 13.2. The Hall–Kier alpha value is -1.67. The van der Waals surface area contributed by atoms with Crippen LogP contribution in [0.4, 0.5) is 0 Å². The molecule has 11 heteroatoms. The summed E-state index contributed by atoms with van der Waals surface area (Å²) >= 11 is 0. The van der Waals surface area contributed by atoms with Crippen molar-refractivity contribution in [1.29, 1.82) is 0 Å². The lowest BCUT2D eigenvalue weighted by Crippen LogP contribution is -2.60. The molecule has 9 atom stereocenters. The highest BCUT2D eigenvalue weighted by Gasteiger charge is 2.44. The number of aliphatic hydroxyl groups is 7. The number of amides is 1. The van der Waals surface area contributed by atoms with Crippen molar-refractivity contribution in [2.75, 3.05) is 13.2 Å². The summed E-state index contributed by atoms with van der Waals surface area (Å²) in [5.41, 5.74) is 0. The van der Waals surface area contributed by atoms with Gasteiger partial charge in [0.1, 0.15) is 36.6 Å². The lowest BCUT2D eigenvalue weighted by atomic mass is 9.98. The van der Waals surface area contributed by atoms with Crippen molar-refractivity contribution < 1.29 is 50.0 Å². The van der Waals surface area contributed by atoms with Crippen molar-refractivity contribution in [2.45, 2.75) is 358 Å². The average molecular weight is 1080 g/mol. The minimum absolute atomic E-state index is 0.244. The zero-order valence-electron chi connectivity index (χ0n) is 49.2. The maximum Gasteiger partial charge on any atom is 0.249 e. The smallest absolute Gasteiger partial charge is 0.249 e. The molecule has 76 heavy (non-hydrogen) atoms. The first kappa shape index (κ1) is 72.3. The Balaban J connectivity index is 2.28. The van der Waals surface area contributed by atoms with Gasteiger partial charge in [-0.15, -0.1) is 0 Å². The van der Waals surface area contributed by atoms with E-state index < -0.39 is 74.2 Å². The van der Waals surface area contributed by atoms with Gasteiger partial charge in [-0.25, -0.2) is 0 Å². The van der Waals surface area contributed by atoms with E-state index >= 15 is 0 Å². The molecular formula is C65H123NO10. The highest BCUT2D eigenvalue weighted by molar-refractivity contribution is 5.80. The molecule has 1 rings (SSSR count). The van der Waals surface area contributed by atoms with Gasteiger partial charge in [0, 0.05) is 0 Å². The molecule has 1 aliphatic heterocycles. The Labute approximate surface area is 467 Å². The maximum absolute atomic E-state index is 13.2. The second-order valence-corrected chi connectivity index (χ2v) is 22.8. The fraction of sp³-hybridized carbons (Fsp3) is 0.892. The summed E-state index contributed by atoms with van der Waals surface area (Å²) in [5.74, 6) is -0.712. The molecule has 1 saturated heterocycles. The van der Waals surface area contributed by atoms with Crippen molar-refractivity contribution >= 4 is 5.91 Å². The van der Waals surface area contributed by atoms with Crippen LogP contribution in [0.1, 0.15) is 303 Å². The first-order valence-electron chi connectivity index (χ1n) is 32.4. The molecule has 1 heterocycles. The van der Waals surface area contributed by atoms with Crippen LogP contribution in [0.2, 0.25) is 0 Å². The van der Waals surface area contributed by atoms with Gasteiger partial charge in [0.2, 0.25) is 5.91 Å². The van der Waals surface area contributed by atoms with Gasteiger partial charge in [0.25, 0.3) is 0 Å². The number of unbranched alkanes of at least 4 members (excludes halogenated alkanes) is 38. The SMILES string of the molecule is CCCCCCCCCCCCC/C=C\CCCCCCCCC(O)C(=O)NC(COC1OC(CO)C(O)C(O)C1O)C(O)C(O)CCC/C=C/CC/C=C/CCCCCCCCCCCCCCCCCCCCC. The molecule has 1 amide bonds. The Kier molecular flexibility index (Phi) is 51.3. The van der Waals surface area contributed by atoms with Gasteiger partial charge in [-0.3, -0.25) is 4.79 Å². The Morgan fingerprint density at radius 3 is 1.17 bits per heavy atom. The molecule has 11 nitrogen and oxygen atoms in total. The van der Waals surface area contributed by atoms with Crippen molar-refractivity contribution in [3.8, 4) is 0 Å². The van der Waals surface area contributed by atoms with Crippen LogP contribution < -0.4 is 5.32 Å². The van der Waals surface area contributed by atoms with E-state index in [0.29, 0.717) is 19.3 Å². The number of carbonyl (C=O) groups excluding carboxylic acids is 1. The standard InChI is InChI=1S/C65H123NO10/c1-3-5-7-9-11-13-15-17-19-21-23-25-26-27-28-29-30-31-33-34-36-38-40-42-44-46-48-50-52-57(68)60(70)56(55-75-65-63(73)62(72)61(71)59(54-67)76-65)66-64(74)58(69)53-51-49-47-45-43-41-39-37-35-32-24-22-20-18-16-14-12-10-8-6-4-2/h35-38,44,46,56-63,65,67-73H,3-34,39-43,45,47-55H2,1-2H3,(H,66,74)/b37-35-,38-36+,46-44+. The Bertz CT molecular complexity index is 1330. The molecule has 0 radical (unpaired) electrons. The van der Waals surface area contributed by atoms with Gasteiger partial charge in [0.05, 0.1) is 25.4 Å². The van der Waals surface area contributed by atoms with Gasteiger partial charge < -0.3 is 50.5 Å². The van der Waals surface area contributed by atoms with Crippen LogP contribution in [-0.2, 0) is 14.3 Å². The zero-order chi connectivity index (χ0) is 55.4. The monoisotopic (exact) mass is 1080 g/mol. The van der Waals surface area contributed by atoms with Crippen LogP contribution in [-0.4, -0.2) is 110 Å². The van der Waals surface area contributed by atoms with E-state index in [2.05, 4.69) is 55.6 Å². The number of hydrogen-bond acceptors (Lipinski definition) is 10. The molecule has 9 unspecified atom stereocenters. The summed E-state index contributed by atoms with van der Waals surface area (Å²) in [7, 11) is 0. The Morgan fingerprint density at radius 2 is 0.789 bits per heavy atom. The molecule has 0 bridgehead atoms. The fourth-order valence-corrected chi connectivity index (χ4v) is 10.4. The number of carbonyl (C=O) groups is 1. The lowest BCUT2D eigenvalue weighted by molar-refractivity contribution is -0.303. The first-order valence-corrected chi connectivity index (χ1v) is 32.4. The molecule has 448 valence electrons. The normalized spacial score (nSPS) is 19.8. The van der Waals surface area contributed by atoms with E-state index in [1.165, 1.54) is 199 Å². The highest BCUT2D eigenvalue weighted by Crippen LogP contribution is 2.23. The predicted molar refractivity (Wildman–Crippen MR) is 316 cm³/mol. The largest absolute Gasteiger partial charge is 0.394 e. The molecule has 8 N–H and O–H groups in total. The summed E-state index contributed by atoms with van der Waals surface area (Å²) in [6.07, 6.45) is 56.5. The summed E-state index contributed by atoms with van der Waals surface area (Å²) in [4.78, 5) is 13.2. The van der Waals surface area contributed by atoms with Crippen LogP contribution in [0.5, 0.6) is 0 Å². The van der Waals surface area contributed by atoms with Crippen molar-refractivity contribution in [3.63, 3.8) is 0 Å². The molecule has 0 spiro atoms. The van der Waals surface area contributed by atoms with Crippen LogP contribution in [0.3, 0.4) is 0 Å². The second-order valence-electron chi connectivity index (χ2n) is 22.8. The van der Waals surface area contributed by atoms with E-state index in [0.717, 1.165) is 57.8 Å². The summed E-state index contributed by atoms with van der Waals surface area (Å²) < 4.78 is 11.2. The molecule has 0 saturated carbocycles. The van der Waals surface area contributed by atoms with Crippen molar-refractivity contribution in [2.24, 2.45) is 0 Å². The van der Waals surface area contributed by atoms with Gasteiger partial charge >= 0.3 is 0 Å². The number of rotatable bonds is 56. The van der Waals surface area contributed by atoms with E-state index in [1.54, 1.807) is 0 Å². The quantitative estimate of drug-likeness (QED) is 0.0215. The summed E-state index contributed by atoms with van der Waals surface area (Å²) in [6, 6.07) is -1.19. The van der Waals surface area contributed by atoms with Crippen LogP contribution in [0.25, 0.3) is 0 Å². The fourth-order valence-electron chi connectivity index (χ4n) is 10.4. The third kappa shape index (κ3) is 41.4. The molecule has 1 aliphatic rings. The number of aliphatic hydroxyl groups excluding tert-OH is 7. The summed E-state index contributed by atoms with van der Waals surface area (Å²) in [5, 5.41) is 76.3. The second kappa shape index (κ2) is 53.9. The zero-order valence-corrected chi connectivity index (χ0v) is 49.2. The number of ether oxygens (including phenoxy) is 2. The van der Waals surface area contributed by atoms with E-state index in [4.69, 9.17) is 9.47 Å². The first-order chi connectivity index (χ1) is 37.2. The minimum atomic E-state index is -1.67. The molecule has 0 aliphatic carbocycles. The van der Waals surface area contributed by atoms with Gasteiger partial charge in [-0.05, 0) is 77.0 Å². The number of hydrogen-bond donors (Lipinski definition) is 8. The van der Waals surface area contributed by atoms with Gasteiger partial charge in [-0.2, -0.15) is 0 Å². The van der Waals surface area contributed by atoms with Crippen LogP contribution in [0.15, 0.2) is 36.5 Å². The van der Waals surface area contributed by atoms with Crippen molar-refractivity contribution in [1.82, 2.24) is 5.32 Å². The average Bonchev–Trinajstić information content (AvgIpc) is 3.42. The predicted octanol–water partition coefficient (Wildman–Crippen LogP) is 14.6. The highest BCUT2D eigenvalue weighted by atomic mass is 16.7. The number of nitrogens with one attached hydrogen (secondary N) is 1. The molecular weight excluding hydrogens is 955 g/mol. The molecule has 0 aromatic heterocycles. The van der Waals surface area contributed by atoms with Crippen molar-refractivity contribution in [3.05, 3.63) is 36.5 Å². The van der Waals surface area contributed by atoms with E-state index in [1.807, 2.05) is 0 Å². The molecule has 1 fully saturated rings. The molecule has 0 aromatic carbocycles. The topological polar surface area (TPSA) is 189 Å². The van der Waals surface area contributed by atoms with Crippen LogP contribution in [0, 0.1) is 0 Å². The van der Waals surface area contributed by atoms with Gasteiger partial charge in [-0.1, -0.05) is 262 Å².